The van der Waals surface area contributed by atoms with E-state index in [9.17, 15) is 15.0 Å². The number of rotatable bonds is 6. The molecule has 5 aromatic carbocycles. The quantitative estimate of drug-likeness (QED) is 0.235. The summed E-state index contributed by atoms with van der Waals surface area (Å²) in [6, 6.07) is 30.7. The Balaban J connectivity index is 1.99. The molecular weight excluding hydrogens is 456 g/mol. The predicted molar refractivity (Wildman–Crippen MR) is 152 cm³/mol. The van der Waals surface area contributed by atoms with Crippen LogP contribution in [0.15, 0.2) is 91.0 Å². The molecule has 5 rings (SSSR count). The van der Waals surface area contributed by atoms with Crippen LogP contribution in [0.1, 0.15) is 83.6 Å². The van der Waals surface area contributed by atoms with Crippen LogP contribution in [0.2, 0.25) is 0 Å². The molecule has 0 saturated carbocycles. The van der Waals surface area contributed by atoms with E-state index in [2.05, 4.69) is 100 Å². The maximum atomic E-state index is 12.1. The smallest absolute Gasteiger partial charge is 0.339 e. The highest BCUT2D eigenvalue weighted by Crippen LogP contribution is 2.46. The largest absolute Gasteiger partial charge is 0.507 e. The molecule has 0 aliphatic heterocycles. The van der Waals surface area contributed by atoms with Gasteiger partial charge in [0.15, 0.2) is 0 Å². The van der Waals surface area contributed by atoms with E-state index in [0.29, 0.717) is 0 Å². The normalized spacial score (nSPS) is 11.8. The minimum Gasteiger partial charge on any atom is -0.507 e. The van der Waals surface area contributed by atoms with E-state index in [4.69, 9.17) is 0 Å². The fraction of sp³-hybridized carbons (Fsp3) is 0.206. The van der Waals surface area contributed by atoms with Crippen molar-refractivity contribution in [3.8, 4) is 5.75 Å². The second kappa shape index (κ2) is 9.74. The third-order valence-electron chi connectivity index (χ3n) is 7.41. The molecule has 3 heteroatoms. The van der Waals surface area contributed by atoms with Crippen LogP contribution < -0.4 is 0 Å². The first-order valence-corrected chi connectivity index (χ1v) is 12.9. The lowest BCUT2D eigenvalue weighted by Crippen LogP contribution is -2.13. The van der Waals surface area contributed by atoms with Crippen molar-refractivity contribution in [1.29, 1.82) is 0 Å². The van der Waals surface area contributed by atoms with Crippen LogP contribution in [0, 0.1) is 0 Å². The number of carboxylic acid groups (broad SMARTS) is 1. The number of fused-ring (bicyclic) bond motifs is 2. The molecule has 186 valence electrons. The van der Waals surface area contributed by atoms with Gasteiger partial charge in [0.05, 0.1) is 0 Å². The Morgan fingerprint density at radius 3 is 1.59 bits per heavy atom. The molecule has 0 amide bonds. The average Bonchev–Trinajstić information content (AvgIpc) is 2.89. The Morgan fingerprint density at radius 1 is 0.649 bits per heavy atom. The van der Waals surface area contributed by atoms with Crippen LogP contribution >= 0.6 is 0 Å². The molecule has 0 heterocycles. The standard InChI is InChI=1S/C34H32O3/c1-20(2)25-16-13-22-9-5-7-11-27(22)32(25)31(24-15-18-30(35)29(19-24)34(36)37)33-26(21(3)4)17-14-23-10-6-8-12-28(23)33/h5-21,31,35H,1-4H3,(H,36,37). The Labute approximate surface area is 218 Å². The molecule has 0 fully saturated rings. The first kappa shape index (κ1) is 24.6. The molecule has 0 bridgehead atoms. The number of carbonyl (C=O) groups is 1. The predicted octanol–water partition coefficient (Wildman–Crippen LogP) is 8.82. The molecule has 0 unspecified atom stereocenters. The van der Waals surface area contributed by atoms with Gasteiger partial charge in [-0.05, 0) is 73.3 Å². The highest BCUT2D eigenvalue weighted by atomic mass is 16.4. The number of aromatic carboxylic acids is 1. The van der Waals surface area contributed by atoms with Crippen molar-refractivity contribution in [2.45, 2.75) is 45.4 Å². The Kier molecular flexibility index (Phi) is 6.47. The molecule has 0 aromatic heterocycles. The van der Waals surface area contributed by atoms with Gasteiger partial charge in [0.25, 0.3) is 0 Å². The Bertz CT molecular complexity index is 1540. The number of phenols is 1. The van der Waals surface area contributed by atoms with E-state index in [0.717, 1.165) is 27.1 Å². The number of hydrogen-bond acceptors (Lipinski definition) is 2. The second-order valence-corrected chi connectivity index (χ2v) is 10.4. The zero-order valence-electron chi connectivity index (χ0n) is 21.7. The monoisotopic (exact) mass is 488 g/mol. The lowest BCUT2D eigenvalue weighted by Gasteiger charge is -2.29. The van der Waals surface area contributed by atoms with Crippen LogP contribution in [-0.2, 0) is 0 Å². The second-order valence-electron chi connectivity index (χ2n) is 10.4. The van der Waals surface area contributed by atoms with Crippen LogP contribution in [0.5, 0.6) is 5.75 Å². The van der Waals surface area contributed by atoms with Crippen LogP contribution in [-0.4, -0.2) is 16.2 Å². The van der Waals surface area contributed by atoms with Gasteiger partial charge in [-0.25, -0.2) is 4.79 Å². The summed E-state index contributed by atoms with van der Waals surface area (Å²) in [5, 5.41) is 24.9. The zero-order chi connectivity index (χ0) is 26.3. The molecule has 0 aliphatic rings. The molecule has 2 N–H and O–H groups in total. The summed E-state index contributed by atoms with van der Waals surface area (Å²) < 4.78 is 0. The molecule has 0 aliphatic carbocycles. The third-order valence-corrected chi connectivity index (χ3v) is 7.41. The molecule has 0 atom stereocenters. The fourth-order valence-corrected chi connectivity index (χ4v) is 5.66. The van der Waals surface area contributed by atoms with Crippen LogP contribution in [0.25, 0.3) is 21.5 Å². The van der Waals surface area contributed by atoms with Crippen molar-refractivity contribution in [2.24, 2.45) is 0 Å². The van der Waals surface area contributed by atoms with Gasteiger partial charge in [-0.2, -0.15) is 0 Å². The Hall–Kier alpha value is -4.11. The summed E-state index contributed by atoms with van der Waals surface area (Å²) in [6.45, 7) is 8.82. The number of hydrogen-bond donors (Lipinski definition) is 2. The van der Waals surface area contributed by atoms with Gasteiger partial charge in [0.2, 0.25) is 0 Å². The summed E-state index contributed by atoms with van der Waals surface area (Å²) in [7, 11) is 0. The van der Waals surface area contributed by atoms with Gasteiger partial charge in [-0.1, -0.05) is 107 Å². The van der Waals surface area contributed by atoms with Crippen molar-refractivity contribution in [3.63, 3.8) is 0 Å². The van der Waals surface area contributed by atoms with E-state index in [-0.39, 0.29) is 29.1 Å². The van der Waals surface area contributed by atoms with Gasteiger partial charge in [-0.15, -0.1) is 0 Å². The maximum absolute atomic E-state index is 12.1. The summed E-state index contributed by atoms with van der Waals surface area (Å²) >= 11 is 0. The highest BCUT2D eigenvalue weighted by molar-refractivity contribution is 5.94. The molecule has 0 saturated heterocycles. The summed E-state index contributed by atoms with van der Waals surface area (Å²) in [6.07, 6.45) is 0. The van der Waals surface area contributed by atoms with E-state index in [1.54, 1.807) is 6.07 Å². The first-order valence-electron chi connectivity index (χ1n) is 12.9. The summed E-state index contributed by atoms with van der Waals surface area (Å²) in [5.74, 6) is -1.07. The van der Waals surface area contributed by atoms with Gasteiger partial charge in [-0.3, -0.25) is 0 Å². The van der Waals surface area contributed by atoms with Crippen LogP contribution in [0.4, 0.5) is 0 Å². The third kappa shape index (κ3) is 4.35. The summed E-state index contributed by atoms with van der Waals surface area (Å²) in [5.41, 5.74) is 5.61. The lowest BCUT2D eigenvalue weighted by atomic mass is 9.74. The van der Waals surface area contributed by atoms with Crippen molar-refractivity contribution >= 4 is 27.5 Å². The molecular formula is C34H32O3. The molecule has 0 spiro atoms. The number of benzene rings is 5. The van der Waals surface area contributed by atoms with E-state index in [1.165, 1.54) is 28.3 Å². The van der Waals surface area contributed by atoms with E-state index in [1.807, 2.05) is 6.07 Å². The van der Waals surface area contributed by atoms with E-state index >= 15 is 0 Å². The maximum Gasteiger partial charge on any atom is 0.339 e. The van der Waals surface area contributed by atoms with Crippen molar-refractivity contribution in [3.05, 3.63) is 124 Å². The topological polar surface area (TPSA) is 57.5 Å². The zero-order valence-corrected chi connectivity index (χ0v) is 21.7. The summed E-state index contributed by atoms with van der Waals surface area (Å²) in [4.78, 5) is 12.1. The van der Waals surface area contributed by atoms with Gasteiger partial charge >= 0.3 is 5.97 Å². The van der Waals surface area contributed by atoms with Crippen molar-refractivity contribution in [1.82, 2.24) is 0 Å². The Morgan fingerprint density at radius 2 is 1.14 bits per heavy atom. The molecule has 3 nitrogen and oxygen atoms in total. The number of aromatic hydroxyl groups is 1. The van der Waals surface area contributed by atoms with Crippen molar-refractivity contribution < 1.29 is 15.0 Å². The van der Waals surface area contributed by atoms with Crippen LogP contribution in [0.3, 0.4) is 0 Å². The minimum absolute atomic E-state index is 0.0832. The van der Waals surface area contributed by atoms with Gasteiger partial charge in [0.1, 0.15) is 11.3 Å². The van der Waals surface area contributed by atoms with E-state index < -0.39 is 5.97 Å². The van der Waals surface area contributed by atoms with Gasteiger partial charge in [0, 0.05) is 5.92 Å². The number of carboxylic acids is 1. The van der Waals surface area contributed by atoms with Crippen molar-refractivity contribution in [2.75, 3.05) is 0 Å². The highest BCUT2D eigenvalue weighted by Gasteiger charge is 2.29. The lowest BCUT2D eigenvalue weighted by molar-refractivity contribution is 0.0693. The fourth-order valence-electron chi connectivity index (χ4n) is 5.66. The molecule has 5 aromatic rings. The molecule has 37 heavy (non-hydrogen) atoms. The van der Waals surface area contributed by atoms with Gasteiger partial charge < -0.3 is 10.2 Å². The first-order chi connectivity index (χ1) is 17.8. The minimum atomic E-state index is -1.14. The average molecular weight is 489 g/mol. The SMILES string of the molecule is CC(C)c1ccc2ccccc2c1C(c1ccc(O)c(C(=O)O)c1)c1c(C(C)C)ccc2ccccc12. The molecule has 0 radical (unpaired) electrons.